The molecule has 8 heteroatoms. The van der Waals surface area contributed by atoms with E-state index in [9.17, 15) is 13.2 Å². The molecule has 1 rings (SSSR count). The normalized spacial score (nSPS) is 11.4. The molecule has 0 radical (unpaired) electrons. The van der Waals surface area contributed by atoms with E-state index in [2.05, 4.69) is 15.0 Å². The van der Waals surface area contributed by atoms with Crippen molar-refractivity contribution >= 4 is 11.5 Å². The molecule has 0 spiro atoms. The molecular weight excluding hydrogens is 263 g/mol. The van der Waals surface area contributed by atoms with Crippen LogP contribution in [0.2, 0.25) is 0 Å². The highest BCUT2D eigenvalue weighted by molar-refractivity contribution is 5.53. The van der Waals surface area contributed by atoms with Gasteiger partial charge >= 0.3 is 6.18 Å². The van der Waals surface area contributed by atoms with Gasteiger partial charge in [-0.1, -0.05) is 0 Å². The number of hydrogen-bond donors (Lipinski definition) is 2. The van der Waals surface area contributed by atoms with Gasteiger partial charge in [0, 0.05) is 6.54 Å². The highest BCUT2D eigenvalue weighted by Crippen LogP contribution is 2.20. The van der Waals surface area contributed by atoms with Gasteiger partial charge in [0.2, 0.25) is 5.88 Å². The van der Waals surface area contributed by atoms with Crippen molar-refractivity contribution in [1.29, 1.82) is 0 Å². The van der Waals surface area contributed by atoms with Gasteiger partial charge < -0.3 is 20.5 Å². The summed E-state index contributed by atoms with van der Waals surface area (Å²) in [5.41, 5.74) is 6.04. The van der Waals surface area contributed by atoms with Crippen molar-refractivity contribution in [3.05, 3.63) is 12.1 Å². The highest BCUT2D eigenvalue weighted by Gasteiger charge is 2.27. The van der Waals surface area contributed by atoms with Crippen LogP contribution < -0.4 is 15.8 Å². The van der Waals surface area contributed by atoms with Crippen LogP contribution in [0.1, 0.15) is 6.92 Å². The minimum absolute atomic E-state index is 0.0739. The lowest BCUT2D eigenvalue weighted by molar-refractivity contribution is -0.172. The van der Waals surface area contributed by atoms with Crippen LogP contribution in [0.4, 0.5) is 24.7 Å². The van der Waals surface area contributed by atoms with Gasteiger partial charge in [0.15, 0.2) is 0 Å². The van der Waals surface area contributed by atoms with E-state index in [1.165, 1.54) is 0 Å². The molecule has 0 atom stereocenters. The van der Waals surface area contributed by atoms with E-state index in [0.717, 1.165) is 0 Å². The first kappa shape index (κ1) is 15.4. The Balaban J connectivity index is 2.35. The summed E-state index contributed by atoms with van der Waals surface area (Å²) >= 11 is 0. The molecule has 5 nitrogen and oxygen atoms in total. The highest BCUT2D eigenvalue weighted by atomic mass is 19.4. The quantitative estimate of drug-likeness (QED) is 0.748. The SMILES string of the molecule is CCOc1nc(NCCOCC(F)(F)F)ccc1N. The minimum atomic E-state index is -4.30. The van der Waals surface area contributed by atoms with Crippen LogP contribution in [0.5, 0.6) is 5.88 Å². The number of pyridine rings is 1. The molecule has 0 saturated carbocycles. The number of hydrogen-bond acceptors (Lipinski definition) is 5. The fourth-order valence-electron chi connectivity index (χ4n) is 1.24. The second-order valence-corrected chi connectivity index (χ2v) is 3.62. The summed E-state index contributed by atoms with van der Waals surface area (Å²) in [6.45, 7) is 1.10. The molecule has 0 unspecified atom stereocenters. The third-order valence-corrected chi connectivity index (χ3v) is 1.99. The largest absolute Gasteiger partial charge is 0.476 e. The average molecular weight is 279 g/mol. The number of aromatic nitrogens is 1. The number of alkyl halides is 3. The first-order chi connectivity index (χ1) is 8.92. The van der Waals surface area contributed by atoms with Crippen molar-refractivity contribution in [2.45, 2.75) is 13.1 Å². The van der Waals surface area contributed by atoms with Crippen LogP contribution >= 0.6 is 0 Å². The lowest BCUT2D eigenvalue weighted by Crippen LogP contribution is -2.20. The van der Waals surface area contributed by atoms with E-state index in [0.29, 0.717) is 24.0 Å². The smallest absolute Gasteiger partial charge is 0.411 e. The van der Waals surface area contributed by atoms with Crippen molar-refractivity contribution in [2.24, 2.45) is 0 Å². The van der Waals surface area contributed by atoms with E-state index >= 15 is 0 Å². The molecule has 1 heterocycles. The molecule has 0 aliphatic rings. The molecule has 0 bridgehead atoms. The van der Waals surface area contributed by atoms with Crippen LogP contribution in [-0.4, -0.2) is 37.5 Å². The Kier molecular flexibility index (Phi) is 5.68. The van der Waals surface area contributed by atoms with Gasteiger partial charge in [-0.05, 0) is 19.1 Å². The topological polar surface area (TPSA) is 69.4 Å². The second kappa shape index (κ2) is 7.03. The number of nitrogens with zero attached hydrogens (tertiary/aromatic N) is 1. The Labute approximate surface area is 108 Å². The Morgan fingerprint density at radius 3 is 2.74 bits per heavy atom. The molecule has 0 aliphatic heterocycles. The molecule has 0 saturated heterocycles. The zero-order chi connectivity index (χ0) is 14.3. The fraction of sp³-hybridized carbons (Fsp3) is 0.545. The molecule has 108 valence electrons. The molecule has 0 aliphatic carbocycles. The third-order valence-electron chi connectivity index (χ3n) is 1.99. The maximum absolute atomic E-state index is 11.8. The van der Waals surface area contributed by atoms with Crippen LogP contribution in [-0.2, 0) is 4.74 Å². The second-order valence-electron chi connectivity index (χ2n) is 3.62. The van der Waals surface area contributed by atoms with Crippen molar-refractivity contribution in [1.82, 2.24) is 4.98 Å². The number of anilines is 2. The van der Waals surface area contributed by atoms with Gasteiger partial charge in [0.05, 0.1) is 18.9 Å². The van der Waals surface area contributed by atoms with Gasteiger partial charge in [0.25, 0.3) is 0 Å². The van der Waals surface area contributed by atoms with Crippen LogP contribution in [0.3, 0.4) is 0 Å². The summed E-state index contributed by atoms with van der Waals surface area (Å²) in [5.74, 6) is 0.761. The molecule has 1 aromatic heterocycles. The molecular formula is C11H16F3N3O2. The number of nitrogens with two attached hydrogens (primary N) is 1. The van der Waals surface area contributed by atoms with Gasteiger partial charge in [-0.15, -0.1) is 0 Å². The number of halogens is 3. The molecule has 19 heavy (non-hydrogen) atoms. The number of nitrogens with one attached hydrogen (secondary N) is 1. The lowest BCUT2D eigenvalue weighted by Gasteiger charge is -2.10. The Hall–Kier alpha value is -1.70. The van der Waals surface area contributed by atoms with Crippen LogP contribution in [0, 0.1) is 0 Å². The predicted octanol–water partition coefficient (Wildman–Crippen LogP) is 2.05. The predicted molar refractivity (Wildman–Crippen MR) is 65.2 cm³/mol. The Bertz CT molecular complexity index is 399. The maximum Gasteiger partial charge on any atom is 0.411 e. The summed E-state index contributed by atoms with van der Waals surface area (Å²) in [6, 6.07) is 3.22. The van der Waals surface area contributed by atoms with E-state index in [1.807, 2.05) is 0 Å². The van der Waals surface area contributed by atoms with Gasteiger partial charge in [0.1, 0.15) is 12.4 Å². The zero-order valence-corrected chi connectivity index (χ0v) is 10.5. The lowest BCUT2D eigenvalue weighted by atomic mass is 10.4. The minimum Gasteiger partial charge on any atom is -0.476 e. The van der Waals surface area contributed by atoms with Crippen molar-refractivity contribution < 1.29 is 22.6 Å². The summed E-state index contributed by atoms with van der Waals surface area (Å²) in [7, 11) is 0. The summed E-state index contributed by atoms with van der Waals surface area (Å²) in [6.07, 6.45) is -4.30. The van der Waals surface area contributed by atoms with Crippen LogP contribution in [0.15, 0.2) is 12.1 Å². The monoisotopic (exact) mass is 279 g/mol. The summed E-state index contributed by atoms with van der Waals surface area (Å²) in [5, 5.41) is 2.82. The van der Waals surface area contributed by atoms with Gasteiger partial charge in [-0.25, -0.2) is 0 Å². The number of ether oxygens (including phenoxy) is 2. The van der Waals surface area contributed by atoms with Crippen molar-refractivity contribution in [2.75, 3.05) is 37.4 Å². The molecule has 3 N–H and O–H groups in total. The fourth-order valence-corrected chi connectivity index (χ4v) is 1.24. The van der Waals surface area contributed by atoms with Crippen molar-refractivity contribution in [3.63, 3.8) is 0 Å². The van der Waals surface area contributed by atoms with E-state index in [-0.39, 0.29) is 13.2 Å². The Morgan fingerprint density at radius 1 is 1.37 bits per heavy atom. The van der Waals surface area contributed by atoms with E-state index in [4.69, 9.17) is 10.5 Å². The first-order valence-electron chi connectivity index (χ1n) is 5.70. The average Bonchev–Trinajstić information content (AvgIpc) is 2.31. The third kappa shape index (κ3) is 6.14. The molecule has 1 aromatic rings. The number of rotatable bonds is 7. The molecule has 0 amide bonds. The summed E-state index contributed by atoms with van der Waals surface area (Å²) < 4.78 is 45.0. The summed E-state index contributed by atoms with van der Waals surface area (Å²) in [4.78, 5) is 4.07. The molecule has 0 fully saturated rings. The molecule has 0 aromatic carbocycles. The number of nitrogen functional groups attached to an aromatic ring is 1. The van der Waals surface area contributed by atoms with E-state index in [1.54, 1.807) is 19.1 Å². The standard InChI is InChI=1S/C11H16F3N3O2/c1-2-19-10-8(15)3-4-9(17-10)16-5-6-18-7-11(12,13)14/h3-4H,2,5-7,15H2,1H3,(H,16,17). The van der Waals surface area contributed by atoms with E-state index < -0.39 is 12.8 Å². The van der Waals surface area contributed by atoms with Crippen molar-refractivity contribution in [3.8, 4) is 5.88 Å². The Morgan fingerprint density at radius 2 is 2.11 bits per heavy atom. The first-order valence-corrected chi connectivity index (χ1v) is 5.70. The van der Waals surface area contributed by atoms with Crippen LogP contribution in [0.25, 0.3) is 0 Å². The zero-order valence-electron chi connectivity index (χ0n) is 10.5. The van der Waals surface area contributed by atoms with Gasteiger partial charge in [-0.3, -0.25) is 0 Å². The maximum atomic E-state index is 11.8. The van der Waals surface area contributed by atoms with Gasteiger partial charge in [-0.2, -0.15) is 18.2 Å².